The van der Waals surface area contributed by atoms with Crippen molar-refractivity contribution in [3.63, 3.8) is 0 Å². The summed E-state index contributed by atoms with van der Waals surface area (Å²) in [5.41, 5.74) is 56.8. The summed E-state index contributed by atoms with van der Waals surface area (Å²) in [6, 6.07) is 56.5. The molecule has 0 aliphatic heterocycles. The second-order valence-electron chi connectivity index (χ2n) is 13.5. The molecule has 6 heteroatoms. The largest absolute Gasteiger partial charge is 0.398 e. The number of nitrogens with two attached hydrogens (primary N) is 6. The fourth-order valence-corrected chi connectivity index (χ4v) is 7.10. The van der Waals surface area contributed by atoms with E-state index in [1.54, 1.807) is 0 Å². The number of rotatable bonds is 7. The van der Waals surface area contributed by atoms with E-state index in [-0.39, 0.29) is 0 Å². The molecule has 0 aliphatic rings. The number of nitrogen functional groups attached to an aromatic ring is 6. The van der Waals surface area contributed by atoms with Crippen molar-refractivity contribution in [1.82, 2.24) is 0 Å². The summed E-state index contributed by atoms with van der Waals surface area (Å²) >= 11 is 0. The Bertz CT molecular complexity index is 2670. The molecule has 262 valence electrons. The Hall–Kier alpha value is -7.44. The van der Waals surface area contributed by atoms with Crippen LogP contribution in [0.3, 0.4) is 0 Å². The first kappa shape index (κ1) is 33.7. The van der Waals surface area contributed by atoms with Gasteiger partial charge in [-0.1, -0.05) is 97.1 Å². The van der Waals surface area contributed by atoms with Crippen molar-refractivity contribution in [2.45, 2.75) is 0 Å². The Kier molecular flexibility index (Phi) is 8.70. The van der Waals surface area contributed by atoms with Crippen LogP contribution >= 0.6 is 0 Å². The van der Waals surface area contributed by atoms with Gasteiger partial charge in [0.25, 0.3) is 0 Å². The van der Waals surface area contributed by atoms with Crippen molar-refractivity contribution < 1.29 is 0 Å². The normalized spacial score (nSPS) is 11.0. The highest BCUT2D eigenvalue weighted by molar-refractivity contribution is 5.93. The van der Waals surface area contributed by atoms with Gasteiger partial charge in [-0.15, -0.1) is 0 Å². The smallest absolute Gasteiger partial charge is 0.0394 e. The van der Waals surface area contributed by atoms with E-state index in [1.165, 1.54) is 0 Å². The van der Waals surface area contributed by atoms with Gasteiger partial charge in [0.05, 0.1) is 0 Å². The van der Waals surface area contributed by atoms with Crippen LogP contribution in [0.15, 0.2) is 170 Å². The van der Waals surface area contributed by atoms with Crippen LogP contribution < -0.4 is 34.4 Å². The monoisotopic (exact) mass is 700 g/mol. The molecule has 0 saturated heterocycles. The first-order valence-corrected chi connectivity index (χ1v) is 17.7. The van der Waals surface area contributed by atoms with Crippen LogP contribution in [0.25, 0.3) is 77.9 Å². The first-order valence-electron chi connectivity index (χ1n) is 17.7. The van der Waals surface area contributed by atoms with Gasteiger partial charge in [-0.2, -0.15) is 0 Å². The van der Waals surface area contributed by atoms with Gasteiger partial charge in [0, 0.05) is 67.5 Å². The van der Waals surface area contributed by atoms with E-state index >= 15 is 0 Å². The van der Waals surface area contributed by atoms with Gasteiger partial charge in [-0.05, 0) is 117 Å². The lowest BCUT2D eigenvalue weighted by atomic mass is 9.91. The fraction of sp³-hybridized carbons (Fsp3) is 0. The molecule has 0 bridgehead atoms. The van der Waals surface area contributed by atoms with Crippen LogP contribution in [0, 0.1) is 0 Å². The zero-order valence-electron chi connectivity index (χ0n) is 29.6. The molecule has 0 radical (unpaired) electrons. The number of anilines is 6. The molecule has 8 rings (SSSR count). The number of hydrogen-bond acceptors (Lipinski definition) is 6. The molecule has 0 saturated carbocycles. The molecule has 0 amide bonds. The van der Waals surface area contributed by atoms with Crippen LogP contribution in [-0.4, -0.2) is 0 Å². The van der Waals surface area contributed by atoms with Crippen LogP contribution in [0.5, 0.6) is 0 Å². The molecule has 8 aromatic carbocycles. The summed E-state index contributed by atoms with van der Waals surface area (Å²) < 4.78 is 0. The van der Waals surface area contributed by atoms with Crippen molar-refractivity contribution in [3.05, 3.63) is 170 Å². The summed E-state index contributed by atoms with van der Waals surface area (Å²) in [5, 5.41) is 0. The predicted octanol–water partition coefficient (Wildman–Crippen LogP) is 10.8. The van der Waals surface area contributed by atoms with Gasteiger partial charge >= 0.3 is 0 Å². The minimum absolute atomic E-state index is 0.636. The molecule has 8 aromatic rings. The van der Waals surface area contributed by atoms with Crippen molar-refractivity contribution in [2.24, 2.45) is 0 Å². The third-order valence-corrected chi connectivity index (χ3v) is 10.1. The first-order chi connectivity index (χ1) is 26.2. The standard InChI is InChI=1S/C48H40N6/c49-43-18-12-32(24-37(43)30-9-5-2-6-10-30)39-26-34(14-20-45(39)51)41-28-36(16-22-47(41)53)42-27-35(15-21-48(42)54)40-25-33(13-19-46(40)52)38-23-31(11-17-44(38)50)29-7-3-1-4-8-29/h1-28H,49-54H2. The average molecular weight is 701 g/mol. The van der Waals surface area contributed by atoms with E-state index in [4.69, 9.17) is 34.4 Å². The van der Waals surface area contributed by atoms with Gasteiger partial charge in [0.15, 0.2) is 0 Å². The zero-order chi connectivity index (χ0) is 37.3. The molecule has 0 aliphatic carbocycles. The van der Waals surface area contributed by atoms with E-state index in [1.807, 2.05) is 121 Å². The zero-order valence-corrected chi connectivity index (χ0v) is 29.6. The highest BCUT2D eigenvalue weighted by atomic mass is 14.6. The van der Waals surface area contributed by atoms with Crippen LogP contribution in [0.2, 0.25) is 0 Å². The minimum atomic E-state index is 0.636. The lowest BCUT2D eigenvalue weighted by Gasteiger charge is -2.16. The van der Waals surface area contributed by atoms with E-state index in [9.17, 15) is 0 Å². The highest BCUT2D eigenvalue weighted by Crippen LogP contribution is 2.41. The Labute approximate surface area is 315 Å². The van der Waals surface area contributed by atoms with E-state index < -0.39 is 0 Å². The van der Waals surface area contributed by atoms with Crippen LogP contribution in [0.1, 0.15) is 0 Å². The third kappa shape index (κ3) is 6.44. The van der Waals surface area contributed by atoms with Gasteiger partial charge in [0.1, 0.15) is 0 Å². The maximum absolute atomic E-state index is 6.67. The van der Waals surface area contributed by atoms with Crippen molar-refractivity contribution in [2.75, 3.05) is 34.4 Å². The summed E-state index contributed by atoms with van der Waals surface area (Å²) in [4.78, 5) is 0. The van der Waals surface area contributed by atoms with E-state index in [0.717, 1.165) is 77.9 Å². The lowest BCUT2D eigenvalue weighted by molar-refractivity contribution is 1.54. The van der Waals surface area contributed by atoms with Gasteiger partial charge < -0.3 is 34.4 Å². The topological polar surface area (TPSA) is 156 Å². The Morgan fingerprint density at radius 3 is 0.704 bits per heavy atom. The number of benzene rings is 8. The predicted molar refractivity (Wildman–Crippen MR) is 231 cm³/mol. The maximum atomic E-state index is 6.67. The molecule has 0 heterocycles. The number of hydrogen-bond donors (Lipinski definition) is 6. The highest BCUT2D eigenvalue weighted by Gasteiger charge is 2.15. The molecular weight excluding hydrogens is 661 g/mol. The van der Waals surface area contributed by atoms with Crippen molar-refractivity contribution in [1.29, 1.82) is 0 Å². The molecule has 6 nitrogen and oxygen atoms in total. The molecule has 54 heavy (non-hydrogen) atoms. The van der Waals surface area contributed by atoms with E-state index in [0.29, 0.717) is 34.1 Å². The SMILES string of the molecule is Nc1ccc(-c2ccccc2)cc1-c1ccc(N)c(-c2ccc(N)c(-c3ccc(N)c(-c4ccc(N)c(-c5ccc(N)c(-c6ccccc6)c5)c4)c3)c2)c1. The Morgan fingerprint density at radius 2 is 0.407 bits per heavy atom. The summed E-state index contributed by atoms with van der Waals surface area (Å²) in [5.74, 6) is 0. The Balaban J connectivity index is 1.16. The second-order valence-corrected chi connectivity index (χ2v) is 13.5. The molecule has 0 atom stereocenters. The van der Waals surface area contributed by atoms with Crippen molar-refractivity contribution >= 4 is 34.1 Å². The fourth-order valence-electron chi connectivity index (χ4n) is 7.10. The molecular formula is C48H40N6. The Morgan fingerprint density at radius 1 is 0.185 bits per heavy atom. The molecule has 0 spiro atoms. The van der Waals surface area contributed by atoms with Crippen molar-refractivity contribution in [3.8, 4) is 77.9 Å². The van der Waals surface area contributed by atoms with E-state index in [2.05, 4.69) is 48.5 Å². The molecule has 0 fully saturated rings. The average Bonchev–Trinajstić information content (AvgIpc) is 3.20. The quantitative estimate of drug-likeness (QED) is 0.0909. The third-order valence-electron chi connectivity index (χ3n) is 10.1. The lowest BCUT2D eigenvalue weighted by Crippen LogP contribution is -1.97. The van der Waals surface area contributed by atoms with Crippen LogP contribution in [-0.2, 0) is 0 Å². The summed E-state index contributed by atoms with van der Waals surface area (Å²) in [7, 11) is 0. The molecule has 0 aromatic heterocycles. The second kappa shape index (κ2) is 13.9. The van der Waals surface area contributed by atoms with Gasteiger partial charge in [-0.25, -0.2) is 0 Å². The molecule has 0 unspecified atom stereocenters. The summed E-state index contributed by atoms with van der Waals surface area (Å²) in [6.07, 6.45) is 0. The minimum Gasteiger partial charge on any atom is -0.398 e. The van der Waals surface area contributed by atoms with Gasteiger partial charge in [-0.3, -0.25) is 0 Å². The van der Waals surface area contributed by atoms with Crippen LogP contribution in [0.4, 0.5) is 34.1 Å². The van der Waals surface area contributed by atoms with Gasteiger partial charge in [0.2, 0.25) is 0 Å². The summed E-state index contributed by atoms with van der Waals surface area (Å²) in [6.45, 7) is 0. The maximum Gasteiger partial charge on any atom is 0.0394 e. The molecule has 12 N–H and O–H groups in total.